The van der Waals surface area contributed by atoms with Crippen molar-refractivity contribution in [3.05, 3.63) is 34.6 Å². The van der Waals surface area contributed by atoms with Crippen LogP contribution in [-0.2, 0) is 6.42 Å². The first-order chi connectivity index (χ1) is 12.0. The van der Waals surface area contributed by atoms with Gasteiger partial charge in [-0.1, -0.05) is 18.5 Å². The Hall–Kier alpha value is -2.32. The summed E-state index contributed by atoms with van der Waals surface area (Å²) in [6.07, 6.45) is 2.17. The van der Waals surface area contributed by atoms with Crippen molar-refractivity contribution in [1.82, 2.24) is 19.9 Å². The highest BCUT2D eigenvalue weighted by Gasteiger charge is 2.18. The number of halogens is 1. The van der Waals surface area contributed by atoms with Gasteiger partial charge in [0.25, 0.3) is 0 Å². The molecule has 0 aliphatic carbocycles. The van der Waals surface area contributed by atoms with E-state index in [1.54, 1.807) is 0 Å². The Morgan fingerprint density at radius 3 is 2.88 bits per heavy atom. The molecule has 0 bridgehead atoms. The predicted molar refractivity (Wildman–Crippen MR) is 94.8 cm³/mol. The number of aromatic nitrogens is 4. The molecular weight excluding hydrogens is 364 g/mol. The fraction of sp³-hybridized carbons (Fsp3) is 0.250. The summed E-state index contributed by atoms with van der Waals surface area (Å²) in [5.74, 6) is -0.621. The maximum Gasteiger partial charge on any atom is 0.335 e. The zero-order valence-electron chi connectivity index (χ0n) is 13.5. The minimum absolute atomic E-state index is 0.153. The SMILES string of the molecule is CCOc1nc(Sc2cc(C(=O)O)ccn2)nc2[nH]c(CC)c(Cl)c12. The maximum atomic E-state index is 11.1. The lowest BCUT2D eigenvalue weighted by atomic mass is 10.3. The van der Waals surface area contributed by atoms with Crippen LogP contribution < -0.4 is 4.74 Å². The van der Waals surface area contributed by atoms with Gasteiger partial charge in [0.05, 0.1) is 22.6 Å². The van der Waals surface area contributed by atoms with Gasteiger partial charge < -0.3 is 14.8 Å². The van der Waals surface area contributed by atoms with Crippen molar-refractivity contribution < 1.29 is 14.6 Å². The van der Waals surface area contributed by atoms with Crippen LogP contribution in [0.5, 0.6) is 5.88 Å². The van der Waals surface area contributed by atoms with Crippen LogP contribution in [0.3, 0.4) is 0 Å². The second-order valence-corrected chi connectivity index (χ2v) is 6.39. The molecule has 9 heteroatoms. The molecule has 3 aromatic rings. The Kier molecular flexibility index (Phi) is 5.10. The molecular formula is C16H15ClN4O3S. The number of hydrogen-bond donors (Lipinski definition) is 2. The first-order valence-electron chi connectivity index (χ1n) is 7.61. The summed E-state index contributed by atoms with van der Waals surface area (Å²) >= 11 is 7.55. The number of H-pyrrole nitrogens is 1. The molecule has 0 saturated heterocycles. The number of ether oxygens (including phenoxy) is 1. The average molecular weight is 379 g/mol. The van der Waals surface area contributed by atoms with Crippen molar-refractivity contribution in [2.24, 2.45) is 0 Å². The number of carboxylic acid groups (broad SMARTS) is 1. The fourth-order valence-corrected chi connectivity index (χ4v) is 3.38. The number of aromatic amines is 1. The molecule has 0 amide bonds. The highest BCUT2D eigenvalue weighted by molar-refractivity contribution is 7.99. The molecule has 0 atom stereocenters. The van der Waals surface area contributed by atoms with Crippen LogP contribution in [0.1, 0.15) is 29.9 Å². The highest BCUT2D eigenvalue weighted by atomic mass is 35.5. The lowest BCUT2D eigenvalue weighted by molar-refractivity contribution is 0.0696. The second kappa shape index (κ2) is 7.28. The third-order valence-electron chi connectivity index (χ3n) is 3.42. The zero-order chi connectivity index (χ0) is 18.0. The van der Waals surface area contributed by atoms with Crippen molar-refractivity contribution in [2.45, 2.75) is 30.5 Å². The summed E-state index contributed by atoms with van der Waals surface area (Å²) in [5, 5.41) is 11.2. The number of nitrogens with one attached hydrogen (secondary N) is 1. The molecule has 0 fully saturated rings. The fourth-order valence-electron chi connectivity index (χ4n) is 2.28. The quantitative estimate of drug-likeness (QED) is 0.628. The maximum absolute atomic E-state index is 11.1. The molecule has 3 rings (SSSR count). The predicted octanol–water partition coefficient (Wildman–Crippen LogP) is 3.82. The van der Waals surface area contributed by atoms with Crippen LogP contribution in [0.25, 0.3) is 11.0 Å². The molecule has 7 nitrogen and oxygen atoms in total. The number of hydrogen-bond acceptors (Lipinski definition) is 6. The molecule has 0 saturated carbocycles. The molecule has 3 aromatic heterocycles. The van der Waals surface area contributed by atoms with Crippen molar-refractivity contribution in [3.8, 4) is 5.88 Å². The molecule has 0 aliphatic rings. The van der Waals surface area contributed by atoms with Gasteiger partial charge in [-0.15, -0.1) is 0 Å². The van der Waals surface area contributed by atoms with E-state index < -0.39 is 5.97 Å². The standard InChI is InChI=1S/C16H15ClN4O3S/c1-3-9-12(17)11-13(19-9)20-16(21-14(11)24-4-2)25-10-7-8(15(22)23)5-6-18-10/h5-7H,3-4H2,1-2H3,(H,22,23)(H,19,20,21). The Labute approximate surface area is 152 Å². The largest absolute Gasteiger partial charge is 0.478 e. The van der Waals surface area contributed by atoms with Gasteiger partial charge in [0.1, 0.15) is 10.7 Å². The van der Waals surface area contributed by atoms with Gasteiger partial charge in [-0.25, -0.2) is 14.8 Å². The molecule has 0 aromatic carbocycles. The number of aromatic carboxylic acids is 1. The normalized spacial score (nSPS) is 11.0. The van der Waals surface area contributed by atoms with E-state index in [-0.39, 0.29) is 5.56 Å². The summed E-state index contributed by atoms with van der Waals surface area (Å²) in [4.78, 5) is 27.3. The van der Waals surface area contributed by atoms with Gasteiger partial charge in [0.2, 0.25) is 5.88 Å². The summed E-state index contributed by atoms with van der Waals surface area (Å²) in [7, 11) is 0. The van der Waals surface area contributed by atoms with Gasteiger partial charge in [0, 0.05) is 11.9 Å². The third kappa shape index (κ3) is 3.54. The summed E-state index contributed by atoms with van der Waals surface area (Å²) < 4.78 is 5.61. The smallest absolute Gasteiger partial charge is 0.335 e. The van der Waals surface area contributed by atoms with Crippen molar-refractivity contribution in [1.29, 1.82) is 0 Å². The van der Waals surface area contributed by atoms with Crippen LogP contribution in [0.2, 0.25) is 5.02 Å². The zero-order valence-corrected chi connectivity index (χ0v) is 15.1. The van der Waals surface area contributed by atoms with Crippen molar-refractivity contribution >= 4 is 40.4 Å². The van der Waals surface area contributed by atoms with Crippen LogP contribution >= 0.6 is 23.4 Å². The first-order valence-corrected chi connectivity index (χ1v) is 8.81. The lowest BCUT2D eigenvalue weighted by Crippen LogP contribution is -1.99. The minimum atomic E-state index is -1.01. The van der Waals surface area contributed by atoms with E-state index in [4.69, 9.17) is 21.4 Å². The topological polar surface area (TPSA) is 101 Å². The van der Waals surface area contributed by atoms with Gasteiger partial charge in [-0.3, -0.25) is 0 Å². The van der Waals surface area contributed by atoms with Crippen molar-refractivity contribution in [3.63, 3.8) is 0 Å². The molecule has 0 spiro atoms. The monoisotopic (exact) mass is 378 g/mol. The van der Waals surface area contributed by atoms with E-state index in [0.717, 1.165) is 23.9 Å². The molecule has 0 unspecified atom stereocenters. The summed E-state index contributed by atoms with van der Waals surface area (Å²) in [5.41, 5.74) is 1.59. The van der Waals surface area contributed by atoms with E-state index in [1.807, 2.05) is 13.8 Å². The number of fused-ring (bicyclic) bond motifs is 1. The Morgan fingerprint density at radius 2 is 2.20 bits per heavy atom. The van der Waals surface area contributed by atoms with E-state index in [9.17, 15) is 4.79 Å². The summed E-state index contributed by atoms with van der Waals surface area (Å²) in [6, 6.07) is 2.90. The van der Waals surface area contributed by atoms with Gasteiger partial charge >= 0.3 is 5.97 Å². The minimum Gasteiger partial charge on any atom is -0.478 e. The molecule has 25 heavy (non-hydrogen) atoms. The Balaban J connectivity index is 2.04. The summed E-state index contributed by atoms with van der Waals surface area (Å²) in [6.45, 7) is 4.28. The van der Waals surface area contributed by atoms with Crippen LogP contribution in [-0.4, -0.2) is 37.6 Å². The van der Waals surface area contributed by atoms with E-state index in [2.05, 4.69) is 19.9 Å². The van der Waals surface area contributed by atoms with E-state index in [0.29, 0.717) is 38.7 Å². The third-order valence-corrected chi connectivity index (χ3v) is 4.64. The van der Waals surface area contributed by atoms with Gasteiger partial charge in [0.15, 0.2) is 5.16 Å². The molecule has 2 N–H and O–H groups in total. The van der Waals surface area contributed by atoms with Gasteiger partial charge in [-0.2, -0.15) is 4.98 Å². The number of carboxylic acids is 1. The molecule has 130 valence electrons. The molecule has 0 aliphatic heterocycles. The number of carbonyl (C=O) groups is 1. The molecule has 3 heterocycles. The lowest BCUT2D eigenvalue weighted by Gasteiger charge is -2.06. The second-order valence-electron chi connectivity index (χ2n) is 5.03. The van der Waals surface area contributed by atoms with Crippen LogP contribution in [0.15, 0.2) is 28.5 Å². The molecule has 0 radical (unpaired) electrons. The van der Waals surface area contributed by atoms with Crippen molar-refractivity contribution in [2.75, 3.05) is 6.61 Å². The number of aryl methyl sites for hydroxylation is 1. The Morgan fingerprint density at radius 1 is 1.40 bits per heavy atom. The van der Waals surface area contributed by atoms with E-state index in [1.165, 1.54) is 18.3 Å². The average Bonchev–Trinajstić information content (AvgIpc) is 2.91. The highest BCUT2D eigenvalue weighted by Crippen LogP contribution is 2.35. The van der Waals surface area contributed by atoms with Crippen LogP contribution in [0, 0.1) is 0 Å². The number of rotatable bonds is 6. The van der Waals surface area contributed by atoms with Crippen LogP contribution in [0.4, 0.5) is 0 Å². The van der Waals surface area contributed by atoms with Gasteiger partial charge in [-0.05, 0) is 37.2 Å². The van der Waals surface area contributed by atoms with E-state index >= 15 is 0 Å². The number of pyridine rings is 1. The first kappa shape index (κ1) is 17.5. The number of nitrogens with zero attached hydrogens (tertiary/aromatic N) is 3. The Bertz CT molecular complexity index is 945.